The van der Waals surface area contributed by atoms with Crippen LogP contribution in [-0.4, -0.2) is 35.3 Å². The largest absolute Gasteiger partial charge is 0.478 e. The highest BCUT2D eigenvalue weighted by Gasteiger charge is 2.35. The van der Waals surface area contributed by atoms with E-state index in [-0.39, 0.29) is 16.6 Å². The highest BCUT2D eigenvalue weighted by molar-refractivity contribution is 7.89. The molecule has 1 unspecified atom stereocenters. The Hall–Kier alpha value is -1.77. The Morgan fingerprint density at radius 1 is 1.45 bits per heavy atom. The SMILES string of the molecule is CC1c2sccc2CCN1S(=O)(=O)c1cc(C(=O)O)ccn1. The molecule has 0 saturated heterocycles. The normalized spacial score (nSPS) is 18.9. The lowest BCUT2D eigenvalue weighted by atomic mass is 10.1. The van der Waals surface area contributed by atoms with E-state index in [0.29, 0.717) is 13.0 Å². The van der Waals surface area contributed by atoms with Gasteiger partial charge in [0, 0.05) is 17.6 Å². The maximum absolute atomic E-state index is 12.8. The number of thiophene rings is 1. The fraction of sp³-hybridized carbons (Fsp3) is 0.286. The molecule has 22 heavy (non-hydrogen) atoms. The molecule has 0 radical (unpaired) electrons. The number of hydrogen-bond donors (Lipinski definition) is 1. The van der Waals surface area contributed by atoms with Gasteiger partial charge in [-0.3, -0.25) is 0 Å². The second-order valence-corrected chi connectivity index (χ2v) is 7.82. The van der Waals surface area contributed by atoms with Crippen molar-refractivity contribution in [3.8, 4) is 0 Å². The average molecular weight is 338 g/mol. The Morgan fingerprint density at radius 3 is 2.95 bits per heavy atom. The van der Waals surface area contributed by atoms with E-state index in [0.717, 1.165) is 10.9 Å². The summed E-state index contributed by atoms with van der Waals surface area (Å²) in [6.45, 7) is 2.21. The first-order valence-corrected chi connectivity index (χ1v) is 9.00. The summed E-state index contributed by atoms with van der Waals surface area (Å²) in [7, 11) is -3.82. The molecule has 1 aliphatic heterocycles. The molecule has 0 aromatic carbocycles. The fourth-order valence-corrected chi connectivity index (χ4v) is 5.26. The third-order valence-corrected chi connectivity index (χ3v) is 6.75. The molecule has 0 aliphatic carbocycles. The van der Waals surface area contributed by atoms with Gasteiger partial charge in [-0.15, -0.1) is 11.3 Å². The summed E-state index contributed by atoms with van der Waals surface area (Å²) < 4.78 is 26.9. The van der Waals surface area contributed by atoms with E-state index in [1.165, 1.54) is 33.5 Å². The van der Waals surface area contributed by atoms with E-state index < -0.39 is 16.0 Å². The van der Waals surface area contributed by atoms with Crippen LogP contribution >= 0.6 is 11.3 Å². The molecule has 0 bridgehead atoms. The van der Waals surface area contributed by atoms with Crippen LogP contribution in [0.1, 0.15) is 33.8 Å². The van der Waals surface area contributed by atoms with Crippen molar-refractivity contribution >= 4 is 27.3 Å². The first kappa shape index (κ1) is 15.1. The summed E-state index contributed by atoms with van der Waals surface area (Å²) in [4.78, 5) is 15.9. The zero-order chi connectivity index (χ0) is 15.9. The van der Waals surface area contributed by atoms with E-state index >= 15 is 0 Å². The minimum absolute atomic E-state index is 0.0879. The third-order valence-electron chi connectivity index (χ3n) is 3.75. The standard InChI is InChI=1S/C14H14N2O4S2/c1-9-13-10(4-7-21-13)3-6-16(9)22(19,20)12-8-11(14(17)18)2-5-15-12/h2,4-5,7-9H,3,6H2,1H3,(H,17,18). The Morgan fingerprint density at radius 2 is 2.23 bits per heavy atom. The number of sulfonamides is 1. The number of nitrogens with zero attached hydrogens (tertiary/aromatic N) is 2. The van der Waals surface area contributed by atoms with Gasteiger partial charge in [-0.1, -0.05) is 0 Å². The Balaban J connectivity index is 2.01. The van der Waals surface area contributed by atoms with Gasteiger partial charge in [-0.05, 0) is 42.5 Å². The van der Waals surface area contributed by atoms with Gasteiger partial charge in [0.1, 0.15) is 0 Å². The molecule has 0 fully saturated rings. The van der Waals surface area contributed by atoms with Gasteiger partial charge >= 0.3 is 5.97 Å². The number of carboxylic acids is 1. The van der Waals surface area contributed by atoms with Gasteiger partial charge in [0.25, 0.3) is 10.0 Å². The highest BCUT2D eigenvalue weighted by atomic mass is 32.2. The summed E-state index contributed by atoms with van der Waals surface area (Å²) in [6, 6.07) is 4.13. The van der Waals surface area contributed by atoms with Crippen molar-refractivity contribution in [2.45, 2.75) is 24.4 Å². The number of rotatable bonds is 3. The topological polar surface area (TPSA) is 87.6 Å². The lowest BCUT2D eigenvalue weighted by Crippen LogP contribution is -2.38. The van der Waals surface area contributed by atoms with Gasteiger partial charge in [0.2, 0.25) is 0 Å². The minimum Gasteiger partial charge on any atom is -0.478 e. The molecule has 1 aliphatic rings. The molecule has 8 heteroatoms. The zero-order valence-corrected chi connectivity index (χ0v) is 13.4. The summed E-state index contributed by atoms with van der Waals surface area (Å²) in [5, 5.41) is 10.7. The van der Waals surface area contributed by atoms with Crippen molar-refractivity contribution in [2.24, 2.45) is 0 Å². The summed E-state index contributed by atoms with van der Waals surface area (Å²) in [6.07, 6.45) is 1.86. The third kappa shape index (κ3) is 2.43. The highest BCUT2D eigenvalue weighted by Crippen LogP contribution is 2.36. The monoisotopic (exact) mass is 338 g/mol. The average Bonchev–Trinajstić information content (AvgIpc) is 2.97. The van der Waals surface area contributed by atoms with Crippen molar-refractivity contribution in [3.05, 3.63) is 45.8 Å². The number of aromatic nitrogens is 1. The number of aromatic carboxylic acids is 1. The van der Waals surface area contributed by atoms with Crippen LogP contribution in [0.2, 0.25) is 0 Å². The van der Waals surface area contributed by atoms with E-state index in [1.807, 2.05) is 18.4 Å². The van der Waals surface area contributed by atoms with Crippen LogP contribution in [0.3, 0.4) is 0 Å². The predicted molar refractivity (Wildman–Crippen MR) is 81.5 cm³/mol. The van der Waals surface area contributed by atoms with E-state index in [9.17, 15) is 13.2 Å². The van der Waals surface area contributed by atoms with E-state index in [1.54, 1.807) is 0 Å². The van der Waals surface area contributed by atoms with E-state index in [4.69, 9.17) is 5.11 Å². The van der Waals surface area contributed by atoms with Gasteiger partial charge in [0.05, 0.1) is 11.6 Å². The number of carboxylic acid groups (broad SMARTS) is 1. The first-order chi connectivity index (χ1) is 10.4. The predicted octanol–water partition coefficient (Wildman–Crippen LogP) is 2.15. The molecule has 1 N–H and O–H groups in total. The smallest absolute Gasteiger partial charge is 0.335 e. The molecular formula is C14H14N2O4S2. The Bertz CT molecular complexity index is 829. The maximum atomic E-state index is 12.8. The van der Waals surface area contributed by atoms with Crippen molar-refractivity contribution in [3.63, 3.8) is 0 Å². The van der Waals surface area contributed by atoms with Crippen LogP contribution < -0.4 is 0 Å². The minimum atomic E-state index is -3.82. The molecule has 2 aromatic heterocycles. The Kier molecular flexibility index (Phi) is 3.75. The maximum Gasteiger partial charge on any atom is 0.335 e. The molecule has 3 heterocycles. The van der Waals surface area contributed by atoms with Gasteiger partial charge in [-0.25, -0.2) is 18.2 Å². The van der Waals surface area contributed by atoms with Crippen LogP contribution in [0.25, 0.3) is 0 Å². The first-order valence-electron chi connectivity index (χ1n) is 6.68. The summed E-state index contributed by atoms with van der Waals surface area (Å²) >= 11 is 1.54. The van der Waals surface area contributed by atoms with Crippen molar-refractivity contribution in [1.29, 1.82) is 0 Å². The van der Waals surface area contributed by atoms with Gasteiger partial charge in [0.15, 0.2) is 5.03 Å². The van der Waals surface area contributed by atoms with Gasteiger partial charge < -0.3 is 5.11 Å². The molecular weight excluding hydrogens is 324 g/mol. The van der Waals surface area contributed by atoms with Crippen molar-refractivity contribution < 1.29 is 18.3 Å². The van der Waals surface area contributed by atoms with Gasteiger partial charge in [-0.2, -0.15) is 4.31 Å². The Labute approximate surface area is 132 Å². The van der Waals surface area contributed by atoms with Crippen LogP contribution in [0.15, 0.2) is 34.8 Å². The molecule has 0 spiro atoms. The zero-order valence-electron chi connectivity index (χ0n) is 11.8. The molecule has 6 nitrogen and oxygen atoms in total. The molecule has 3 rings (SSSR count). The number of hydrogen-bond acceptors (Lipinski definition) is 5. The van der Waals surface area contributed by atoms with Crippen molar-refractivity contribution in [1.82, 2.24) is 9.29 Å². The van der Waals surface area contributed by atoms with Crippen molar-refractivity contribution in [2.75, 3.05) is 6.54 Å². The fourth-order valence-electron chi connectivity index (χ4n) is 2.61. The molecule has 0 amide bonds. The summed E-state index contributed by atoms with van der Waals surface area (Å²) in [5.41, 5.74) is 1.09. The second kappa shape index (κ2) is 5.45. The summed E-state index contributed by atoms with van der Waals surface area (Å²) in [5.74, 6) is -1.17. The number of pyridine rings is 1. The molecule has 0 saturated carbocycles. The van der Waals surface area contributed by atoms with Crippen LogP contribution in [-0.2, 0) is 16.4 Å². The number of carbonyl (C=O) groups is 1. The second-order valence-electron chi connectivity index (χ2n) is 5.04. The molecule has 1 atom stereocenters. The number of fused-ring (bicyclic) bond motifs is 1. The van der Waals surface area contributed by atoms with Crippen LogP contribution in [0, 0.1) is 0 Å². The molecule has 116 valence electrons. The lowest BCUT2D eigenvalue weighted by Gasteiger charge is -2.32. The van der Waals surface area contributed by atoms with E-state index in [2.05, 4.69) is 4.98 Å². The quantitative estimate of drug-likeness (QED) is 0.926. The van der Waals surface area contributed by atoms with Crippen LogP contribution in [0.5, 0.6) is 0 Å². The lowest BCUT2D eigenvalue weighted by molar-refractivity contribution is 0.0696. The van der Waals surface area contributed by atoms with Crippen LogP contribution in [0.4, 0.5) is 0 Å². The molecule has 2 aromatic rings.